The molecule has 1 saturated carbocycles. The lowest BCUT2D eigenvalue weighted by Gasteiger charge is -2.34. The van der Waals surface area contributed by atoms with Crippen LogP contribution in [-0.2, 0) is 0 Å². The lowest BCUT2D eigenvalue weighted by atomic mass is 10.2. The number of aromatic nitrogens is 1. The van der Waals surface area contributed by atoms with Gasteiger partial charge in [0.1, 0.15) is 0 Å². The van der Waals surface area contributed by atoms with Crippen LogP contribution in [0.4, 0.5) is 5.69 Å². The highest BCUT2D eigenvalue weighted by Crippen LogP contribution is 2.22. The van der Waals surface area contributed by atoms with E-state index < -0.39 is 0 Å². The van der Waals surface area contributed by atoms with Crippen molar-refractivity contribution in [2.24, 2.45) is 0 Å². The molecule has 0 spiro atoms. The van der Waals surface area contributed by atoms with Crippen LogP contribution < -0.4 is 5.32 Å². The van der Waals surface area contributed by atoms with Crippen LogP contribution in [0.2, 0.25) is 0 Å². The minimum absolute atomic E-state index is 0.0899. The van der Waals surface area contributed by atoms with Crippen LogP contribution in [0.3, 0.4) is 0 Å². The second-order valence-electron chi connectivity index (χ2n) is 7.99. The lowest BCUT2D eigenvalue weighted by Crippen LogP contribution is -2.48. The molecule has 0 atom stereocenters. The summed E-state index contributed by atoms with van der Waals surface area (Å²) in [5, 5.41) is 3.53. The van der Waals surface area contributed by atoms with Crippen molar-refractivity contribution in [2.45, 2.75) is 31.7 Å². The maximum absolute atomic E-state index is 12.9. The Morgan fingerprint density at radius 2 is 1.83 bits per heavy atom. The first-order valence-electron chi connectivity index (χ1n) is 10.7. The second-order valence-corrected chi connectivity index (χ2v) is 7.99. The Labute approximate surface area is 173 Å². The summed E-state index contributed by atoms with van der Waals surface area (Å²) in [6.45, 7) is 4.24. The molecule has 0 radical (unpaired) electrons. The van der Waals surface area contributed by atoms with Crippen molar-refractivity contribution < 1.29 is 4.79 Å². The molecule has 4 rings (SSSR count). The van der Waals surface area contributed by atoms with E-state index in [4.69, 9.17) is 0 Å². The van der Waals surface area contributed by atoms with Gasteiger partial charge in [-0.3, -0.25) is 14.7 Å². The second kappa shape index (κ2) is 9.70. The van der Waals surface area contributed by atoms with Crippen molar-refractivity contribution in [1.29, 1.82) is 0 Å². The fraction of sp³-hybridized carbons (Fsp3) is 0.417. The van der Waals surface area contributed by atoms with Crippen molar-refractivity contribution in [3.63, 3.8) is 0 Å². The highest BCUT2D eigenvalue weighted by molar-refractivity contribution is 5.94. The number of hydrogen-bond acceptors (Lipinski definition) is 4. The predicted molar refractivity (Wildman–Crippen MR) is 118 cm³/mol. The maximum atomic E-state index is 12.9. The van der Waals surface area contributed by atoms with E-state index in [9.17, 15) is 4.79 Å². The van der Waals surface area contributed by atoms with E-state index in [0.29, 0.717) is 11.6 Å². The zero-order chi connectivity index (χ0) is 19.9. The van der Waals surface area contributed by atoms with Gasteiger partial charge in [0.25, 0.3) is 5.91 Å². The highest BCUT2D eigenvalue weighted by Gasteiger charge is 2.22. The Kier molecular flexibility index (Phi) is 6.57. The minimum Gasteiger partial charge on any atom is -0.381 e. The van der Waals surface area contributed by atoms with Crippen molar-refractivity contribution in [1.82, 2.24) is 14.8 Å². The zero-order valence-corrected chi connectivity index (χ0v) is 17.0. The van der Waals surface area contributed by atoms with Crippen LogP contribution in [0, 0.1) is 0 Å². The number of nitrogens with zero attached hydrogens (tertiary/aromatic N) is 3. The molecule has 1 saturated heterocycles. The topological polar surface area (TPSA) is 48.5 Å². The number of rotatable bonds is 6. The van der Waals surface area contributed by atoms with Gasteiger partial charge in [-0.1, -0.05) is 55.3 Å². The van der Waals surface area contributed by atoms with Gasteiger partial charge in [-0.2, -0.15) is 0 Å². The minimum atomic E-state index is 0.0899. The summed E-state index contributed by atoms with van der Waals surface area (Å²) >= 11 is 0. The van der Waals surface area contributed by atoms with Crippen LogP contribution in [0.15, 0.2) is 54.9 Å². The number of hydrogen-bond donors (Lipinski definition) is 1. The van der Waals surface area contributed by atoms with Gasteiger partial charge in [0, 0.05) is 51.2 Å². The van der Waals surface area contributed by atoms with Gasteiger partial charge in [0.15, 0.2) is 0 Å². The number of amides is 1. The number of nitrogens with one attached hydrogen (secondary N) is 1. The van der Waals surface area contributed by atoms with Crippen LogP contribution in [0.25, 0.3) is 6.08 Å². The largest absolute Gasteiger partial charge is 0.381 e. The first-order chi connectivity index (χ1) is 14.3. The molecule has 2 aliphatic rings. The summed E-state index contributed by atoms with van der Waals surface area (Å²) < 4.78 is 0. The zero-order valence-electron chi connectivity index (χ0n) is 17.0. The van der Waals surface area contributed by atoms with Gasteiger partial charge in [-0.25, -0.2) is 0 Å². The fourth-order valence-corrected chi connectivity index (χ4v) is 4.16. The molecular weight excluding hydrogens is 360 g/mol. The summed E-state index contributed by atoms with van der Waals surface area (Å²) in [4.78, 5) is 21.6. The van der Waals surface area contributed by atoms with Gasteiger partial charge >= 0.3 is 0 Å². The smallest absolute Gasteiger partial charge is 0.255 e. The molecule has 152 valence electrons. The van der Waals surface area contributed by atoms with Crippen LogP contribution in [-0.4, -0.2) is 59.5 Å². The Hall–Kier alpha value is -2.66. The number of benzene rings is 1. The van der Waals surface area contributed by atoms with E-state index in [-0.39, 0.29) is 5.91 Å². The average molecular weight is 391 g/mol. The highest BCUT2D eigenvalue weighted by atomic mass is 16.2. The van der Waals surface area contributed by atoms with Crippen molar-refractivity contribution in [2.75, 3.05) is 38.0 Å². The molecule has 1 amide bonds. The Bertz CT molecular complexity index is 822. The summed E-state index contributed by atoms with van der Waals surface area (Å²) in [6, 6.07) is 12.8. The molecule has 1 aromatic carbocycles. The van der Waals surface area contributed by atoms with E-state index >= 15 is 0 Å². The third-order valence-electron chi connectivity index (χ3n) is 5.84. The van der Waals surface area contributed by atoms with Gasteiger partial charge in [0.05, 0.1) is 11.3 Å². The van der Waals surface area contributed by atoms with E-state index in [1.807, 2.05) is 23.2 Å². The monoisotopic (exact) mass is 390 g/mol. The third-order valence-corrected chi connectivity index (χ3v) is 5.84. The normalized spacial score (nSPS) is 18.4. The number of carbonyl (C=O) groups excluding carboxylic acids is 1. The quantitative estimate of drug-likeness (QED) is 0.813. The number of piperazine rings is 1. The molecule has 1 N–H and O–H groups in total. The summed E-state index contributed by atoms with van der Waals surface area (Å²) in [6.07, 6.45) is 12.9. The van der Waals surface area contributed by atoms with Crippen molar-refractivity contribution in [3.8, 4) is 0 Å². The molecule has 0 bridgehead atoms. The molecule has 2 aromatic rings. The first-order valence-corrected chi connectivity index (χ1v) is 10.7. The Morgan fingerprint density at radius 1 is 1.07 bits per heavy atom. The molecule has 5 nitrogen and oxygen atoms in total. The molecule has 1 aliphatic heterocycles. The van der Waals surface area contributed by atoms with E-state index in [1.165, 1.54) is 31.2 Å². The molecule has 0 unspecified atom stereocenters. The molecule has 1 aliphatic carbocycles. The van der Waals surface area contributed by atoms with E-state index in [2.05, 4.69) is 51.6 Å². The van der Waals surface area contributed by atoms with E-state index in [1.54, 1.807) is 6.20 Å². The van der Waals surface area contributed by atoms with E-state index in [0.717, 1.165) is 38.4 Å². The van der Waals surface area contributed by atoms with Gasteiger partial charge < -0.3 is 10.2 Å². The third kappa shape index (κ3) is 5.45. The van der Waals surface area contributed by atoms with Crippen molar-refractivity contribution in [3.05, 3.63) is 66.0 Å². The maximum Gasteiger partial charge on any atom is 0.255 e. The van der Waals surface area contributed by atoms with Crippen LogP contribution >= 0.6 is 0 Å². The number of pyridine rings is 1. The average Bonchev–Trinajstić information content (AvgIpc) is 3.28. The first kappa shape index (κ1) is 19.6. The van der Waals surface area contributed by atoms with Gasteiger partial charge in [0.2, 0.25) is 0 Å². The standard InChI is InChI=1S/C24H30N4O/c29-24(21-17-23(19-25-18-21)26-22-10-4-5-11-22)28-15-13-27(14-16-28)12-6-9-20-7-2-1-3-8-20/h1-3,6-9,17-19,22,26H,4-5,10-16H2/b9-6+. The molecule has 5 heteroatoms. The molecule has 2 fully saturated rings. The predicted octanol–water partition coefficient (Wildman–Crippen LogP) is 3.91. The molecular formula is C24H30N4O. The van der Waals surface area contributed by atoms with Crippen LogP contribution in [0.1, 0.15) is 41.6 Å². The fourth-order valence-electron chi connectivity index (χ4n) is 4.16. The molecule has 2 heterocycles. The summed E-state index contributed by atoms with van der Waals surface area (Å²) in [7, 11) is 0. The summed E-state index contributed by atoms with van der Waals surface area (Å²) in [5.41, 5.74) is 2.87. The molecule has 1 aromatic heterocycles. The lowest BCUT2D eigenvalue weighted by molar-refractivity contribution is 0.0650. The molecule has 29 heavy (non-hydrogen) atoms. The SMILES string of the molecule is O=C(c1cncc(NC2CCCC2)c1)N1CCN(C/C=C/c2ccccc2)CC1. The Balaban J connectivity index is 1.27. The summed E-state index contributed by atoms with van der Waals surface area (Å²) in [5.74, 6) is 0.0899. The van der Waals surface area contributed by atoms with Crippen LogP contribution in [0.5, 0.6) is 0 Å². The van der Waals surface area contributed by atoms with Gasteiger partial charge in [-0.05, 0) is 24.5 Å². The van der Waals surface area contributed by atoms with Crippen molar-refractivity contribution >= 4 is 17.7 Å². The Morgan fingerprint density at radius 3 is 2.59 bits per heavy atom. The van der Waals surface area contributed by atoms with Gasteiger partial charge in [-0.15, -0.1) is 0 Å². The number of carbonyl (C=O) groups is 1. The number of anilines is 1.